The number of aryl methyl sites for hydroxylation is 3. The highest BCUT2D eigenvalue weighted by Gasteiger charge is 2.17. The van der Waals surface area contributed by atoms with Crippen molar-refractivity contribution in [3.8, 4) is 17.1 Å². The molecule has 0 N–H and O–H groups in total. The maximum Gasteiger partial charge on any atom is 0.196 e. The number of hydrogen-bond donors (Lipinski definition) is 0. The van der Waals surface area contributed by atoms with Crippen LogP contribution in [0.2, 0.25) is 0 Å². The van der Waals surface area contributed by atoms with Crippen LogP contribution in [0.25, 0.3) is 17.1 Å². The number of benzene rings is 2. The van der Waals surface area contributed by atoms with Crippen LogP contribution < -0.4 is 0 Å². The predicted molar refractivity (Wildman–Crippen MR) is 115 cm³/mol. The standard InChI is InChI=1S/C23H22N4S/c1-16-8-9-17(2)20(14-16)15-28-23-26-25-22(19-10-12-24-13-11-19)27(23)21-7-5-4-6-18(21)3/h4-14H,15H2,1-3H3. The molecule has 0 bridgehead atoms. The van der Waals surface area contributed by atoms with Crippen molar-refractivity contribution in [3.05, 3.63) is 89.2 Å². The average molecular weight is 387 g/mol. The van der Waals surface area contributed by atoms with Gasteiger partial charge in [-0.15, -0.1) is 10.2 Å². The molecule has 4 rings (SSSR count). The van der Waals surface area contributed by atoms with Crippen molar-refractivity contribution in [3.63, 3.8) is 0 Å². The molecule has 28 heavy (non-hydrogen) atoms. The van der Waals surface area contributed by atoms with E-state index in [4.69, 9.17) is 0 Å². The third-order valence-corrected chi connectivity index (χ3v) is 5.77. The van der Waals surface area contributed by atoms with Crippen molar-refractivity contribution < 1.29 is 0 Å². The molecular weight excluding hydrogens is 364 g/mol. The van der Waals surface area contributed by atoms with Crippen LogP contribution in [0.3, 0.4) is 0 Å². The van der Waals surface area contributed by atoms with Crippen molar-refractivity contribution >= 4 is 11.8 Å². The zero-order valence-electron chi connectivity index (χ0n) is 16.3. The summed E-state index contributed by atoms with van der Waals surface area (Å²) in [6, 6.07) is 18.9. The summed E-state index contributed by atoms with van der Waals surface area (Å²) in [6.45, 7) is 6.40. The highest BCUT2D eigenvalue weighted by atomic mass is 32.2. The first-order valence-corrected chi connectivity index (χ1v) is 10.2. The summed E-state index contributed by atoms with van der Waals surface area (Å²) in [4.78, 5) is 4.13. The lowest BCUT2D eigenvalue weighted by Gasteiger charge is -2.13. The third-order valence-electron chi connectivity index (χ3n) is 4.79. The minimum atomic E-state index is 0.833. The lowest BCUT2D eigenvalue weighted by atomic mass is 10.1. The van der Waals surface area contributed by atoms with Crippen LogP contribution in [-0.4, -0.2) is 19.7 Å². The van der Waals surface area contributed by atoms with Gasteiger partial charge in [0.25, 0.3) is 0 Å². The Balaban J connectivity index is 1.76. The van der Waals surface area contributed by atoms with Crippen molar-refractivity contribution in [2.24, 2.45) is 0 Å². The lowest BCUT2D eigenvalue weighted by molar-refractivity contribution is 0.880. The Morgan fingerprint density at radius 3 is 2.43 bits per heavy atom. The Morgan fingerprint density at radius 2 is 1.64 bits per heavy atom. The van der Waals surface area contributed by atoms with Crippen molar-refractivity contribution in [1.82, 2.24) is 19.7 Å². The number of thioether (sulfide) groups is 1. The average Bonchev–Trinajstić information content (AvgIpc) is 3.13. The number of pyridine rings is 1. The summed E-state index contributed by atoms with van der Waals surface area (Å²) in [6.07, 6.45) is 3.57. The predicted octanol–water partition coefficient (Wildman–Crippen LogP) is 5.55. The number of aromatic nitrogens is 4. The maximum atomic E-state index is 4.53. The van der Waals surface area contributed by atoms with Crippen LogP contribution >= 0.6 is 11.8 Å². The summed E-state index contributed by atoms with van der Waals surface area (Å²) in [5.41, 5.74) is 7.20. The molecule has 140 valence electrons. The number of nitrogens with zero attached hydrogens (tertiary/aromatic N) is 4. The lowest BCUT2D eigenvalue weighted by Crippen LogP contribution is -2.02. The van der Waals surface area contributed by atoms with Gasteiger partial charge in [0.15, 0.2) is 11.0 Å². The molecule has 2 heterocycles. The van der Waals surface area contributed by atoms with Gasteiger partial charge in [-0.05, 0) is 55.7 Å². The van der Waals surface area contributed by atoms with Gasteiger partial charge in [-0.25, -0.2) is 0 Å². The topological polar surface area (TPSA) is 43.6 Å². The molecule has 0 atom stereocenters. The third kappa shape index (κ3) is 3.71. The molecule has 0 radical (unpaired) electrons. The van der Waals surface area contributed by atoms with Crippen molar-refractivity contribution in [1.29, 1.82) is 0 Å². The number of hydrogen-bond acceptors (Lipinski definition) is 4. The van der Waals surface area contributed by atoms with Crippen molar-refractivity contribution in [2.45, 2.75) is 31.7 Å². The largest absolute Gasteiger partial charge is 0.270 e. The van der Waals surface area contributed by atoms with E-state index in [0.29, 0.717) is 0 Å². The van der Waals surface area contributed by atoms with E-state index in [9.17, 15) is 0 Å². The van der Waals surface area contributed by atoms with Crippen molar-refractivity contribution in [2.75, 3.05) is 0 Å². The van der Waals surface area contributed by atoms with Gasteiger partial charge in [-0.2, -0.15) is 0 Å². The molecule has 0 unspecified atom stereocenters. The molecule has 0 saturated carbocycles. The molecule has 4 aromatic rings. The van der Waals surface area contributed by atoms with E-state index in [1.807, 2.05) is 12.1 Å². The van der Waals surface area contributed by atoms with Gasteiger partial charge in [-0.3, -0.25) is 9.55 Å². The summed E-state index contributed by atoms with van der Waals surface area (Å²) >= 11 is 1.72. The highest BCUT2D eigenvalue weighted by molar-refractivity contribution is 7.98. The maximum absolute atomic E-state index is 4.53. The van der Waals surface area contributed by atoms with E-state index in [-0.39, 0.29) is 0 Å². The van der Waals surface area contributed by atoms with Crippen LogP contribution in [0, 0.1) is 20.8 Å². The Kier molecular flexibility index (Phi) is 5.26. The molecule has 0 amide bonds. The number of rotatable bonds is 5. The SMILES string of the molecule is Cc1ccc(C)c(CSc2nnc(-c3ccncc3)n2-c2ccccc2C)c1. The van der Waals surface area contributed by atoms with E-state index in [1.165, 1.54) is 22.3 Å². The first-order valence-electron chi connectivity index (χ1n) is 9.24. The second-order valence-electron chi connectivity index (χ2n) is 6.88. The van der Waals surface area contributed by atoms with E-state index in [2.05, 4.69) is 83.0 Å². The second-order valence-corrected chi connectivity index (χ2v) is 7.83. The Hall–Kier alpha value is -2.92. The summed E-state index contributed by atoms with van der Waals surface area (Å²) in [5.74, 6) is 1.69. The Morgan fingerprint density at radius 1 is 0.857 bits per heavy atom. The molecule has 0 aliphatic heterocycles. The van der Waals surface area contributed by atoms with E-state index in [0.717, 1.165) is 28.0 Å². The molecule has 0 aliphatic carbocycles. The van der Waals surface area contributed by atoms with Crippen LogP contribution in [-0.2, 0) is 5.75 Å². The second kappa shape index (κ2) is 7.98. The van der Waals surface area contributed by atoms with Crippen LogP contribution in [0.15, 0.2) is 72.1 Å². The van der Waals surface area contributed by atoms with Gasteiger partial charge in [0, 0.05) is 23.7 Å². The molecule has 5 heteroatoms. The van der Waals surface area contributed by atoms with Crippen LogP contribution in [0.5, 0.6) is 0 Å². The van der Waals surface area contributed by atoms with Crippen LogP contribution in [0.4, 0.5) is 0 Å². The molecule has 4 nitrogen and oxygen atoms in total. The fourth-order valence-corrected chi connectivity index (χ4v) is 4.19. The Bertz CT molecular complexity index is 1100. The van der Waals surface area contributed by atoms with E-state index in [1.54, 1.807) is 24.2 Å². The molecular formula is C23H22N4S. The minimum absolute atomic E-state index is 0.833. The summed E-state index contributed by atoms with van der Waals surface area (Å²) in [7, 11) is 0. The molecule has 2 aromatic carbocycles. The van der Waals surface area contributed by atoms with Gasteiger partial charge >= 0.3 is 0 Å². The van der Waals surface area contributed by atoms with Gasteiger partial charge in [0.05, 0.1) is 5.69 Å². The smallest absolute Gasteiger partial charge is 0.196 e. The minimum Gasteiger partial charge on any atom is -0.270 e. The van der Waals surface area contributed by atoms with E-state index < -0.39 is 0 Å². The molecule has 0 saturated heterocycles. The molecule has 0 aliphatic rings. The fraction of sp³-hybridized carbons (Fsp3) is 0.174. The highest BCUT2D eigenvalue weighted by Crippen LogP contribution is 2.31. The van der Waals surface area contributed by atoms with Gasteiger partial charge < -0.3 is 0 Å². The fourth-order valence-electron chi connectivity index (χ4n) is 3.18. The molecule has 0 spiro atoms. The van der Waals surface area contributed by atoms with E-state index >= 15 is 0 Å². The molecule has 0 fully saturated rings. The normalized spacial score (nSPS) is 11.0. The quantitative estimate of drug-likeness (QED) is 0.422. The number of para-hydroxylation sites is 1. The molecule has 2 aromatic heterocycles. The summed E-state index contributed by atoms with van der Waals surface area (Å²) in [5, 5.41) is 9.94. The van der Waals surface area contributed by atoms with Gasteiger partial charge in [0.2, 0.25) is 0 Å². The van der Waals surface area contributed by atoms with Gasteiger partial charge in [0.1, 0.15) is 0 Å². The zero-order chi connectivity index (χ0) is 19.5. The Labute approximate surface area is 169 Å². The zero-order valence-corrected chi connectivity index (χ0v) is 17.1. The van der Waals surface area contributed by atoms with Gasteiger partial charge in [-0.1, -0.05) is 53.7 Å². The van der Waals surface area contributed by atoms with Crippen LogP contribution in [0.1, 0.15) is 22.3 Å². The first-order chi connectivity index (χ1) is 13.6. The monoisotopic (exact) mass is 386 g/mol. The summed E-state index contributed by atoms with van der Waals surface area (Å²) < 4.78 is 2.15. The first kappa shape index (κ1) is 18.4.